The molecule has 0 bridgehead atoms. The van der Waals surface area contributed by atoms with Crippen LogP contribution in [0, 0.1) is 0 Å². The van der Waals surface area contributed by atoms with E-state index < -0.39 is 0 Å². The first-order chi connectivity index (χ1) is 12.6. The fourth-order valence-corrected chi connectivity index (χ4v) is 3.90. The molecule has 4 rings (SSSR count). The van der Waals surface area contributed by atoms with Crippen molar-refractivity contribution in [3.8, 4) is 0 Å². The Morgan fingerprint density at radius 3 is 2.58 bits per heavy atom. The largest absolute Gasteiger partial charge is 0.352 e. The van der Waals surface area contributed by atoms with Gasteiger partial charge >= 0.3 is 0 Å². The van der Waals surface area contributed by atoms with Crippen molar-refractivity contribution in [2.24, 2.45) is 0 Å². The van der Waals surface area contributed by atoms with Gasteiger partial charge in [0.25, 0.3) is 0 Å². The molecule has 1 aromatic carbocycles. The number of benzene rings is 1. The van der Waals surface area contributed by atoms with Gasteiger partial charge in [-0.25, -0.2) is 0 Å². The second-order valence-corrected chi connectivity index (χ2v) is 7.70. The van der Waals surface area contributed by atoms with Crippen LogP contribution in [-0.4, -0.2) is 73.0 Å². The molecule has 2 aliphatic heterocycles. The normalized spacial score (nSPS) is 22.1. The van der Waals surface area contributed by atoms with Crippen LogP contribution in [0.2, 0.25) is 0 Å². The lowest BCUT2D eigenvalue weighted by Gasteiger charge is -2.37. The number of nitrogens with one attached hydrogen (secondary N) is 1. The van der Waals surface area contributed by atoms with Crippen LogP contribution >= 0.6 is 0 Å². The van der Waals surface area contributed by atoms with Crippen LogP contribution in [0.3, 0.4) is 0 Å². The van der Waals surface area contributed by atoms with Crippen molar-refractivity contribution in [2.45, 2.75) is 38.3 Å². The van der Waals surface area contributed by atoms with Gasteiger partial charge in [-0.15, -0.1) is 0 Å². The Morgan fingerprint density at radius 2 is 1.85 bits per heavy atom. The van der Waals surface area contributed by atoms with Crippen LogP contribution in [0.5, 0.6) is 0 Å². The minimum Gasteiger partial charge on any atom is -0.352 e. The van der Waals surface area contributed by atoms with E-state index in [-0.39, 0.29) is 17.9 Å². The van der Waals surface area contributed by atoms with Crippen LogP contribution < -0.4 is 10.2 Å². The average molecular weight is 356 g/mol. The zero-order chi connectivity index (χ0) is 18.1. The second kappa shape index (κ2) is 7.37. The summed E-state index contributed by atoms with van der Waals surface area (Å²) in [6.45, 7) is 6.58. The second-order valence-electron chi connectivity index (χ2n) is 7.70. The molecule has 1 N–H and O–H groups in total. The van der Waals surface area contributed by atoms with Crippen LogP contribution in [-0.2, 0) is 16.0 Å². The summed E-state index contributed by atoms with van der Waals surface area (Å²) >= 11 is 0. The minimum absolute atomic E-state index is 0.0843. The van der Waals surface area contributed by atoms with Crippen molar-refractivity contribution in [1.82, 2.24) is 15.1 Å². The van der Waals surface area contributed by atoms with Gasteiger partial charge in [-0.05, 0) is 37.8 Å². The van der Waals surface area contributed by atoms with Crippen LogP contribution in [0.15, 0.2) is 24.3 Å². The SMILES string of the molecule is CC(C(=O)NC1CC1)N1CCN(CC(=O)N2CCc3ccccc32)CC1. The third-order valence-corrected chi connectivity index (χ3v) is 5.80. The molecular weight excluding hydrogens is 328 g/mol. The molecule has 1 unspecified atom stereocenters. The molecule has 140 valence electrons. The third kappa shape index (κ3) is 3.76. The molecule has 6 nitrogen and oxygen atoms in total. The molecule has 1 aromatic rings. The lowest BCUT2D eigenvalue weighted by molar-refractivity contribution is -0.127. The molecule has 2 heterocycles. The number of amides is 2. The molecule has 0 aromatic heterocycles. The van der Waals surface area contributed by atoms with Gasteiger partial charge in [0, 0.05) is 44.5 Å². The van der Waals surface area contributed by atoms with E-state index in [1.54, 1.807) is 0 Å². The third-order valence-electron chi connectivity index (χ3n) is 5.80. The number of fused-ring (bicyclic) bond motifs is 1. The highest BCUT2D eigenvalue weighted by Gasteiger charge is 2.31. The Bertz CT molecular complexity index is 680. The summed E-state index contributed by atoms with van der Waals surface area (Å²) in [4.78, 5) is 31.3. The van der Waals surface area contributed by atoms with Crippen molar-refractivity contribution in [3.05, 3.63) is 29.8 Å². The molecular formula is C20H28N4O2. The van der Waals surface area contributed by atoms with Gasteiger partial charge in [-0.1, -0.05) is 18.2 Å². The van der Waals surface area contributed by atoms with E-state index >= 15 is 0 Å². The standard InChI is InChI=1S/C20H28N4O2/c1-15(20(26)21-17-6-7-17)23-12-10-22(11-13-23)14-19(25)24-9-8-16-4-2-3-5-18(16)24/h2-5,15,17H,6-14H2,1H3,(H,21,26). The topological polar surface area (TPSA) is 55.9 Å². The van der Waals surface area contributed by atoms with E-state index in [2.05, 4.69) is 21.2 Å². The van der Waals surface area contributed by atoms with Gasteiger partial charge in [0.2, 0.25) is 11.8 Å². The summed E-state index contributed by atoms with van der Waals surface area (Å²) in [7, 11) is 0. The predicted octanol–water partition coefficient (Wildman–Crippen LogP) is 0.860. The Labute approximate surface area is 155 Å². The van der Waals surface area contributed by atoms with Crippen molar-refractivity contribution in [3.63, 3.8) is 0 Å². The fraction of sp³-hybridized carbons (Fsp3) is 0.600. The Balaban J connectivity index is 1.26. The number of hydrogen-bond acceptors (Lipinski definition) is 4. The van der Waals surface area contributed by atoms with Crippen molar-refractivity contribution >= 4 is 17.5 Å². The molecule has 2 amide bonds. The van der Waals surface area contributed by atoms with Crippen molar-refractivity contribution in [1.29, 1.82) is 0 Å². The minimum atomic E-state index is -0.0843. The zero-order valence-corrected chi connectivity index (χ0v) is 15.5. The first kappa shape index (κ1) is 17.5. The summed E-state index contributed by atoms with van der Waals surface area (Å²) in [6, 6.07) is 8.50. The molecule has 1 atom stereocenters. The van der Waals surface area contributed by atoms with Gasteiger partial charge in [-0.2, -0.15) is 0 Å². The van der Waals surface area contributed by atoms with E-state index in [1.807, 2.05) is 30.0 Å². The fourth-order valence-electron chi connectivity index (χ4n) is 3.90. The number of rotatable bonds is 5. The molecule has 1 saturated heterocycles. The first-order valence-electron chi connectivity index (χ1n) is 9.77. The number of anilines is 1. The lowest BCUT2D eigenvalue weighted by atomic mass is 10.2. The first-order valence-corrected chi connectivity index (χ1v) is 9.77. The Kier molecular flexibility index (Phi) is 4.96. The Hall–Kier alpha value is -1.92. The highest BCUT2D eigenvalue weighted by atomic mass is 16.2. The molecule has 1 saturated carbocycles. The number of piperazine rings is 1. The summed E-state index contributed by atoms with van der Waals surface area (Å²) in [5.41, 5.74) is 2.34. The van der Waals surface area contributed by atoms with E-state index in [0.717, 1.165) is 57.7 Å². The van der Waals surface area contributed by atoms with Gasteiger partial charge in [0.15, 0.2) is 0 Å². The average Bonchev–Trinajstić information content (AvgIpc) is 3.36. The Morgan fingerprint density at radius 1 is 1.12 bits per heavy atom. The molecule has 0 spiro atoms. The molecule has 1 aliphatic carbocycles. The maximum Gasteiger partial charge on any atom is 0.241 e. The zero-order valence-electron chi connectivity index (χ0n) is 15.5. The number of carbonyl (C=O) groups excluding carboxylic acids is 2. The van der Waals surface area contributed by atoms with Crippen molar-refractivity contribution < 1.29 is 9.59 Å². The van der Waals surface area contributed by atoms with E-state index in [1.165, 1.54) is 5.56 Å². The highest BCUT2D eigenvalue weighted by Crippen LogP contribution is 2.27. The van der Waals surface area contributed by atoms with Gasteiger partial charge in [-0.3, -0.25) is 19.4 Å². The summed E-state index contributed by atoms with van der Waals surface area (Å²) in [6.07, 6.45) is 3.19. The molecule has 6 heteroatoms. The van der Waals surface area contributed by atoms with E-state index in [9.17, 15) is 9.59 Å². The maximum absolute atomic E-state index is 12.7. The van der Waals surface area contributed by atoms with E-state index in [4.69, 9.17) is 0 Å². The van der Waals surface area contributed by atoms with Crippen LogP contribution in [0.25, 0.3) is 0 Å². The quantitative estimate of drug-likeness (QED) is 0.850. The highest BCUT2D eigenvalue weighted by molar-refractivity contribution is 5.96. The van der Waals surface area contributed by atoms with Gasteiger partial charge < -0.3 is 10.2 Å². The molecule has 2 fully saturated rings. The summed E-state index contributed by atoms with van der Waals surface area (Å²) in [5, 5.41) is 3.09. The van der Waals surface area contributed by atoms with Crippen LogP contribution in [0.1, 0.15) is 25.3 Å². The van der Waals surface area contributed by atoms with E-state index in [0.29, 0.717) is 12.6 Å². The number of para-hydroxylation sites is 1. The lowest BCUT2D eigenvalue weighted by Crippen LogP contribution is -2.55. The maximum atomic E-state index is 12.7. The molecule has 26 heavy (non-hydrogen) atoms. The molecule has 3 aliphatic rings. The summed E-state index contributed by atoms with van der Waals surface area (Å²) in [5.74, 6) is 0.327. The number of nitrogens with zero attached hydrogens (tertiary/aromatic N) is 3. The van der Waals surface area contributed by atoms with Gasteiger partial charge in [0.05, 0.1) is 12.6 Å². The monoisotopic (exact) mass is 356 g/mol. The van der Waals surface area contributed by atoms with Crippen LogP contribution in [0.4, 0.5) is 5.69 Å². The number of carbonyl (C=O) groups is 2. The molecule has 0 radical (unpaired) electrons. The number of hydrogen-bond donors (Lipinski definition) is 1. The summed E-state index contributed by atoms with van der Waals surface area (Å²) < 4.78 is 0. The smallest absolute Gasteiger partial charge is 0.241 e. The predicted molar refractivity (Wildman–Crippen MR) is 101 cm³/mol. The van der Waals surface area contributed by atoms with Crippen molar-refractivity contribution in [2.75, 3.05) is 44.2 Å². The van der Waals surface area contributed by atoms with Gasteiger partial charge in [0.1, 0.15) is 0 Å².